The number of ether oxygens (including phenoxy) is 1. The maximum absolute atomic E-state index is 13.8. The Balaban J connectivity index is 2.09. The van der Waals surface area contributed by atoms with Gasteiger partial charge in [0.1, 0.15) is 5.75 Å². The zero-order chi connectivity index (χ0) is 14.1. The standard InChI is InChI=1S/C15H10BrFN2O/c16-9-1-3-15(12(17)7-9)20-14-4-2-13(18)11-8-19-6-5-10(11)14/h1-8H,18H2. The van der Waals surface area contributed by atoms with Gasteiger partial charge in [0.2, 0.25) is 0 Å². The third-order valence-corrected chi connectivity index (χ3v) is 3.42. The van der Waals surface area contributed by atoms with Crippen molar-refractivity contribution in [1.29, 1.82) is 0 Å². The quantitative estimate of drug-likeness (QED) is 0.702. The molecule has 0 bridgehead atoms. The lowest BCUT2D eigenvalue weighted by Crippen LogP contribution is -1.93. The van der Waals surface area contributed by atoms with E-state index in [1.165, 1.54) is 6.07 Å². The Hall–Kier alpha value is -2.14. The molecule has 20 heavy (non-hydrogen) atoms. The van der Waals surface area contributed by atoms with Crippen LogP contribution in [0.4, 0.5) is 10.1 Å². The number of nitrogens with zero attached hydrogens (tertiary/aromatic N) is 1. The number of nitrogen functional groups attached to an aromatic ring is 1. The Morgan fingerprint density at radius 1 is 1.05 bits per heavy atom. The third-order valence-electron chi connectivity index (χ3n) is 2.93. The minimum absolute atomic E-state index is 0.163. The number of aromatic nitrogens is 1. The van der Waals surface area contributed by atoms with Crippen molar-refractivity contribution in [2.24, 2.45) is 0 Å². The van der Waals surface area contributed by atoms with Crippen LogP contribution in [0.1, 0.15) is 0 Å². The number of fused-ring (bicyclic) bond motifs is 1. The van der Waals surface area contributed by atoms with Crippen molar-refractivity contribution in [1.82, 2.24) is 4.98 Å². The van der Waals surface area contributed by atoms with Gasteiger partial charge in [-0.3, -0.25) is 4.98 Å². The van der Waals surface area contributed by atoms with E-state index in [0.717, 1.165) is 10.8 Å². The van der Waals surface area contributed by atoms with Gasteiger partial charge < -0.3 is 10.5 Å². The molecule has 3 aromatic rings. The lowest BCUT2D eigenvalue weighted by Gasteiger charge is -2.11. The van der Waals surface area contributed by atoms with Gasteiger partial charge in [0, 0.05) is 33.3 Å². The molecule has 100 valence electrons. The van der Waals surface area contributed by atoms with E-state index in [-0.39, 0.29) is 5.75 Å². The van der Waals surface area contributed by atoms with Crippen molar-refractivity contribution in [3.05, 3.63) is 59.1 Å². The number of rotatable bonds is 2. The summed E-state index contributed by atoms with van der Waals surface area (Å²) in [7, 11) is 0. The van der Waals surface area contributed by atoms with E-state index in [9.17, 15) is 4.39 Å². The van der Waals surface area contributed by atoms with Crippen LogP contribution >= 0.6 is 15.9 Å². The highest BCUT2D eigenvalue weighted by molar-refractivity contribution is 9.10. The summed E-state index contributed by atoms with van der Waals surface area (Å²) in [5.41, 5.74) is 6.50. The molecule has 0 unspecified atom stereocenters. The second-order valence-corrected chi connectivity index (χ2v) is 5.17. The Labute approximate surface area is 123 Å². The van der Waals surface area contributed by atoms with Crippen LogP contribution < -0.4 is 10.5 Å². The van der Waals surface area contributed by atoms with Crippen LogP contribution in [0.2, 0.25) is 0 Å². The molecule has 5 heteroatoms. The number of hydrogen-bond acceptors (Lipinski definition) is 3. The molecule has 1 heterocycles. The van der Waals surface area contributed by atoms with Gasteiger partial charge in [-0.05, 0) is 36.4 Å². The second kappa shape index (κ2) is 5.09. The van der Waals surface area contributed by atoms with Crippen molar-refractivity contribution in [2.45, 2.75) is 0 Å². The van der Waals surface area contributed by atoms with Crippen molar-refractivity contribution >= 4 is 32.4 Å². The van der Waals surface area contributed by atoms with Gasteiger partial charge in [-0.1, -0.05) is 15.9 Å². The molecule has 2 aromatic carbocycles. The fourth-order valence-electron chi connectivity index (χ4n) is 1.95. The summed E-state index contributed by atoms with van der Waals surface area (Å²) in [5, 5.41) is 1.57. The topological polar surface area (TPSA) is 48.1 Å². The summed E-state index contributed by atoms with van der Waals surface area (Å²) in [6, 6.07) is 9.88. The van der Waals surface area contributed by atoms with E-state index in [2.05, 4.69) is 20.9 Å². The number of nitrogens with two attached hydrogens (primary N) is 1. The predicted octanol–water partition coefficient (Wildman–Crippen LogP) is 4.51. The van der Waals surface area contributed by atoms with Crippen molar-refractivity contribution < 1.29 is 9.13 Å². The Kier molecular flexibility index (Phi) is 3.28. The second-order valence-electron chi connectivity index (χ2n) is 4.25. The van der Waals surface area contributed by atoms with Gasteiger partial charge in [-0.15, -0.1) is 0 Å². The molecule has 0 saturated carbocycles. The lowest BCUT2D eigenvalue weighted by molar-refractivity contribution is 0.446. The minimum Gasteiger partial charge on any atom is -0.454 e. The maximum atomic E-state index is 13.8. The molecule has 0 spiro atoms. The average molecular weight is 333 g/mol. The zero-order valence-electron chi connectivity index (χ0n) is 10.3. The molecule has 1 aromatic heterocycles. The highest BCUT2D eigenvalue weighted by Crippen LogP contribution is 2.34. The molecule has 2 N–H and O–H groups in total. The summed E-state index contributed by atoms with van der Waals surface area (Å²) in [4.78, 5) is 4.04. The Morgan fingerprint density at radius 2 is 1.85 bits per heavy atom. The molecule has 0 aliphatic carbocycles. The highest BCUT2D eigenvalue weighted by Gasteiger charge is 2.09. The van der Waals surface area contributed by atoms with Crippen LogP contribution in [-0.4, -0.2) is 4.98 Å². The first kappa shape index (κ1) is 12.9. The van der Waals surface area contributed by atoms with Crippen molar-refractivity contribution in [3.63, 3.8) is 0 Å². The van der Waals surface area contributed by atoms with Crippen LogP contribution in [0.5, 0.6) is 11.5 Å². The molecule has 0 amide bonds. The monoisotopic (exact) mass is 332 g/mol. The predicted molar refractivity (Wildman–Crippen MR) is 80.3 cm³/mol. The molecule has 0 aliphatic rings. The van der Waals surface area contributed by atoms with Gasteiger partial charge in [0.15, 0.2) is 11.6 Å². The Morgan fingerprint density at radius 3 is 2.65 bits per heavy atom. The molecule has 0 aliphatic heterocycles. The van der Waals surface area contributed by atoms with Gasteiger partial charge in [-0.25, -0.2) is 4.39 Å². The summed E-state index contributed by atoms with van der Waals surface area (Å²) >= 11 is 3.21. The molecule has 0 saturated heterocycles. The van der Waals surface area contributed by atoms with Crippen LogP contribution in [0.25, 0.3) is 10.8 Å². The SMILES string of the molecule is Nc1ccc(Oc2ccc(Br)cc2F)c2ccncc12. The zero-order valence-corrected chi connectivity index (χ0v) is 11.9. The summed E-state index contributed by atoms with van der Waals surface area (Å²) in [6.07, 6.45) is 3.31. The molecular formula is C15H10BrFN2O. The van der Waals surface area contributed by atoms with Gasteiger partial charge >= 0.3 is 0 Å². The van der Waals surface area contributed by atoms with Gasteiger partial charge in [0.05, 0.1) is 0 Å². The summed E-state index contributed by atoms with van der Waals surface area (Å²) in [5.74, 6) is 0.271. The number of pyridine rings is 1. The van der Waals surface area contributed by atoms with E-state index >= 15 is 0 Å². The van der Waals surface area contributed by atoms with Crippen molar-refractivity contribution in [2.75, 3.05) is 5.73 Å². The molecule has 0 fully saturated rings. The smallest absolute Gasteiger partial charge is 0.166 e. The highest BCUT2D eigenvalue weighted by atomic mass is 79.9. The third kappa shape index (κ3) is 2.32. The van der Waals surface area contributed by atoms with Crippen LogP contribution in [0, 0.1) is 5.82 Å². The number of benzene rings is 2. The van der Waals surface area contributed by atoms with E-state index < -0.39 is 5.82 Å². The Bertz CT molecular complexity index is 792. The number of anilines is 1. The molecule has 3 rings (SSSR count). The molecule has 0 radical (unpaired) electrons. The summed E-state index contributed by atoms with van der Waals surface area (Å²) < 4.78 is 20.1. The van der Waals surface area contributed by atoms with Crippen LogP contribution in [-0.2, 0) is 0 Å². The molecule has 0 atom stereocenters. The summed E-state index contributed by atoms with van der Waals surface area (Å²) in [6.45, 7) is 0. The van der Waals surface area contributed by atoms with E-state index in [4.69, 9.17) is 10.5 Å². The fraction of sp³-hybridized carbons (Fsp3) is 0. The maximum Gasteiger partial charge on any atom is 0.166 e. The molecular weight excluding hydrogens is 323 g/mol. The van der Waals surface area contributed by atoms with E-state index in [1.807, 2.05) is 0 Å². The van der Waals surface area contributed by atoms with Gasteiger partial charge in [0.25, 0.3) is 0 Å². The van der Waals surface area contributed by atoms with Crippen LogP contribution in [0.3, 0.4) is 0 Å². The fourth-order valence-corrected chi connectivity index (χ4v) is 2.28. The van der Waals surface area contributed by atoms with Gasteiger partial charge in [-0.2, -0.15) is 0 Å². The normalized spacial score (nSPS) is 10.7. The largest absolute Gasteiger partial charge is 0.454 e. The first-order valence-corrected chi connectivity index (χ1v) is 6.69. The first-order valence-electron chi connectivity index (χ1n) is 5.90. The first-order chi connectivity index (χ1) is 9.65. The van der Waals surface area contributed by atoms with E-state index in [1.54, 1.807) is 42.7 Å². The average Bonchev–Trinajstić information content (AvgIpc) is 2.45. The lowest BCUT2D eigenvalue weighted by atomic mass is 10.1. The van der Waals surface area contributed by atoms with Crippen LogP contribution in [0.15, 0.2) is 53.3 Å². The molecule has 3 nitrogen and oxygen atoms in total. The number of halogens is 2. The number of hydrogen-bond donors (Lipinski definition) is 1. The minimum atomic E-state index is -0.432. The van der Waals surface area contributed by atoms with Crippen molar-refractivity contribution in [3.8, 4) is 11.5 Å². The van der Waals surface area contributed by atoms with E-state index in [0.29, 0.717) is 15.9 Å².